The van der Waals surface area contributed by atoms with E-state index >= 15 is 0 Å². The highest BCUT2D eigenvalue weighted by Crippen LogP contribution is 2.31. The van der Waals surface area contributed by atoms with Gasteiger partial charge in [-0.3, -0.25) is 33.6 Å². The van der Waals surface area contributed by atoms with E-state index in [2.05, 4.69) is 53.9 Å². The minimum absolute atomic E-state index is 0. The number of carbonyl (C=O) groups excluding carboxylic acids is 11. The molecule has 2 aromatic rings. The highest BCUT2D eigenvalue weighted by atomic mass is 32.2. The fourth-order valence-electron chi connectivity index (χ4n) is 8.47. The van der Waals surface area contributed by atoms with E-state index in [0.717, 1.165) is 0 Å². The molecule has 0 aromatic heterocycles. The number of methoxy groups -OCH3 is 1. The number of benzene rings is 2. The Labute approximate surface area is 613 Å². The van der Waals surface area contributed by atoms with Crippen molar-refractivity contribution < 1.29 is 129 Å². The molecule has 4 aliphatic rings. The molecule has 6 rings (SSSR count). The van der Waals surface area contributed by atoms with Gasteiger partial charge in [-0.1, -0.05) is 88.5 Å². The lowest BCUT2D eigenvalue weighted by Crippen LogP contribution is -2.41. The largest absolute Gasteiger partial charge is 0.509 e. The molecule has 4 heterocycles. The van der Waals surface area contributed by atoms with Crippen LogP contribution < -0.4 is 0 Å². The van der Waals surface area contributed by atoms with Crippen molar-refractivity contribution in [2.75, 3.05) is 132 Å². The zero-order valence-electron chi connectivity index (χ0n) is 55.9. The van der Waals surface area contributed by atoms with Crippen LogP contribution in [0, 0.1) is 10.8 Å². The quantitative estimate of drug-likeness (QED) is 0.0120. The number of hydrogen-bond acceptors (Lipinski definition) is 33. The molecule has 0 amide bonds. The Morgan fingerprint density at radius 2 is 0.800 bits per heavy atom. The van der Waals surface area contributed by atoms with Crippen molar-refractivity contribution in [1.29, 1.82) is 0 Å². The van der Waals surface area contributed by atoms with Crippen LogP contribution in [0.1, 0.15) is 108 Å². The van der Waals surface area contributed by atoms with Crippen LogP contribution in [0.4, 0.5) is 19.2 Å². The number of Topliss-reactive ketones (excluding diaryl/α,β-unsaturated/α-hetero) is 1. The first-order valence-electron chi connectivity index (χ1n) is 31.9. The van der Waals surface area contributed by atoms with Gasteiger partial charge in [-0.05, 0) is 61.0 Å². The lowest BCUT2D eigenvalue weighted by Gasteiger charge is -2.31. The molecule has 27 nitrogen and oxygen atoms in total. The molecule has 0 saturated carbocycles. The maximum absolute atomic E-state index is 12.6. The Morgan fingerprint density at radius 3 is 1.05 bits per heavy atom. The molecular weight excluding hydrogens is 1430 g/mol. The predicted molar refractivity (Wildman–Crippen MR) is 381 cm³/mol. The number of carbonyl (C=O) groups is 11. The summed E-state index contributed by atoms with van der Waals surface area (Å²) in [5, 5.41) is 9.72. The molecule has 4 saturated heterocycles. The molecule has 5 unspecified atom stereocenters. The molecule has 100 heavy (non-hydrogen) atoms. The average Bonchev–Trinajstić information content (AvgIpc) is 0.793. The summed E-state index contributed by atoms with van der Waals surface area (Å²) in [5.41, 5.74) is -1.89. The Bertz CT molecular complexity index is 2610. The second-order valence-electron chi connectivity index (χ2n) is 22.2. The standard InChI is InChI=1S/C30H44O15S3.C16H16O3.C15H26O6S3.C5H6O3.CH4/c1-2-30(18-40-24(31)6-12-46-9-3-21-15-37-27(34)43-21,19-41-25(32)7-13-47-10-4-22-16-38-28(35)44-22)20-42-26(33)8-14-48-11-5-23-17-39-29(36)45-23;1-19-16(12-17,14-10-6-3-7-11-14)15(18)13-8-4-2-5-9-13;1-2-15(9-19-12(16)3-6-22,10-20-13(17)4-7-23)11-21-14(18)5-8-24;1-2-4-3-7-5(6)8-4;/h21-23H,2-20H2,1H3;2-11,17H,12H2,1H3;22-24H,2-11H2,1H3;2,4H,1,3H2;1H4. The van der Waals surface area contributed by atoms with E-state index in [-0.39, 0.29) is 136 Å². The SMILES string of the molecule is C.C=CC1COC(=O)O1.CCC(COC(=O)CCS)(COC(=O)CCS)COC(=O)CCS.CCC(COC(=O)CCSCCC1COC(=O)O1)(COC(=O)CCSCCC1COC(=O)O1)COC(=O)CCSCCC1COC(=O)O1.COC(CO)(C(=O)c1ccccc1)c1ccccc1. The summed E-state index contributed by atoms with van der Waals surface area (Å²) in [6, 6.07) is 17.9. The van der Waals surface area contributed by atoms with Gasteiger partial charge in [0.15, 0.2) is 11.7 Å². The van der Waals surface area contributed by atoms with Gasteiger partial charge in [0.05, 0.1) is 56.0 Å². The van der Waals surface area contributed by atoms with Gasteiger partial charge in [0.25, 0.3) is 0 Å². The number of thiol groups is 3. The highest BCUT2D eigenvalue weighted by Gasteiger charge is 2.41. The normalized spacial score (nSPS) is 17.6. The molecule has 0 aliphatic carbocycles. The summed E-state index contributed by atoms with van der Waals surface area (Å²) in [6.07, 6.45) is 1.66. The second kappa shape index (κ2) is 51.8. The smallest absolute Gasteiger partial charge is 0.465 e. The first-order chi connectivity index (χ1) is 47.7. The summed E-state index contributed by atoms with van der Waals surface area (Å²) < 4.78 is 76.0. The van der Waals surface area contributed by atoms with Crippen LogP contribution in [0.15, 0.2) is 73.3 Å². The third kappa shape index (κ3) is 36.1. The van der Waals surface area contributed by atoms with Gasteiger partial charge in [0.2, 0.25) is 5.78 Å². The lowest BCUT2D eigenvalue weighted by atomic mass is 9.86. The third-order valence-electron chi connectivity index (χ3n) is 14.8. The Hall–Kier alpha value is -6.23. The number of aliphatic hydroxyl groups is 1. The van der Waals surface area contributed by atoms with Gasteiger partial charge < -0.3 is 76.2 Å². The first kappa shape index (κ1) is 89.9. The molecule has 1 N–H and O–H groups in total. The van der Waals surface area contributed by atoms with Crippen molar-refractivity contribution in [3.05, 3.63) is 84.4 Å². The first-order valence-corrected chi connectivity index (χ1v) is 37.3. The van der Waals surface area contributed by atoms with Gasteiger partial charge in [-0.25, -0.2) is 19.2 Å². The predicted octanol–water partition coefficient (Wildman–Crippen LogP) is 9.88. The van der Waals surface area contributed by atoms with Crippen molar-refractivity contribution in [3.63, 3.8) is 0 Å². The molecule has 4 fully saturated rings. The lowest BCUT2D eigenvalue weighted by molar-refractivity contribution is -0.164. The minimum Gasteiger partial charge on any atom is -0.465 e. The summed E-state index contributed by atoms with van der Waals surface area (Å²) in [5.74, 6) is 1.97. The number of ketones is 1. The van der Waals surface area contributed by atoms with Crippen molar-refractivity contribution >= 4 is 139 Å². The van der Waals surface area contributed by atoms with E-state index in [4.69, 9.17) is 61.6 Å². The molecule has 33 heteroatoms. The van der Waals surface area contributed by atoms with Crippen LogP contribution in [0.5, 0.6) is 0 Å². The number of ether oxygens (including phenoxy) is 15. The van der Waals surface area contributed by atoms with Crippen LogP contribution in [0.2, 0.25) is 0 Å². The second-order valence-corrected chi connectivity index (χ2v) is 27.2. The Balaban J connectivity index is 0.000000538. The number of hydrogen-bond donors (Lipinski definition) is 4. The fourth-order valence-corrected chi connectivity index (χ4v) is 11.8. The average molecular weight is 1530 g/mol. The zero-order valence-corrected chi connectivity index (χ0v) is 61.0. The van der Waals surface area contributed by atoms with Crippen molar-refractivity contribution in [1.82, 2.24) is 0 Å². The maximum atomic E-state index is 12.6. The van der Waals surface area contributed by atoms with Crippen LogP contribution in [0.3, 0.4) is 0 Å². The van der Waals surface area contributed by atoms with E-state index < -0.39 is 83.5 Å². The molecule has 0 bridgehead atoms. The molecule has 5 atom stereocenters. The molecule has 4 aliphatic heterocycles. The van der Waals surface area contributed by atoms with E-state index in [0.29, 0.717) is 102 Å². The highest BCUT2D eigenvalue weighted by molar-refractivity contribution is 7.99. The summed E-state index contributed by atoms with van der Waals surface area (Å²) in [4.78, 5) is 128. The van der Waals surface area contributed by atoms with Crippen LogP contribution >= 0.6 is 73.2 Å². The van der Waals surface area contributed by atoms with Gasteiger partial charge in [0, 0.05) is 47.2 Å². The Kier molecular flexibility index (Phi) is 46.6. The van der Waals surface area contributed by atoms with E-state index in [1.807, 2.05) is 38.1 Å². The number of cyclic esters (lactones) is 8. The molecule has 0 radical (unpaired) electrons. The number of rotatable bonds is 44. The maximum Gasteiger partial charge on any atom is 0.509 e. The van der Waals surface area contributed by atoms with Crippen molar-refractivity contribution in [2.45, 2.75) is 122 Å². The van der Waals surface area contributed by atoms with Crippen LogP contribution in [-0.2, 0) is 105 Å². The van der Waals surface area contributed by atoms with Crippen molar-refractivity contribution in [2.24, 2.45) is 10.8 Å². The van der Waals surface area contributed by atoms with Gasteiger partial charge in [-0.15, -0.1) is 0 Å². The van der Waals surface area contributed by atoms with Crippen LogP contribution in [0.25, 0.3) is 0 Å². The Morgan fingerprint density at radius 1 is 0.490 bits per heavy atom. The van der Waals surface area contributed by atoms with E-state index in [1.54, 1.807) is 36.4 Å². The topological polar surface area (TPSA) is 346 Å². The molecule has 0 spiro atoms. The molecular formula is C67H96O27S6. The number of aliphatic hydroxyl groups excluding tert-OH is 1. The molecule has 2 aromatic carbocycles. The summed E-state index contributed by atoms with van der Waals surface area (Å²) in [7, 11) is 1.43. The van der Waals surface area contributed by atoms with Crippen LogP contribution in [-0.4, -0.2) is 227 Å². The van der Waals surface area contributed by atoms with E-state index in [9.17, 15) is 57.8 Å². The number of thioether (sulfide) groups is 3. The number of esters is 6. The van der Waals surface area contributed by atoms with E-state index in [1.165, 1.54) is 48.5 Å². The van der Waals surface area contributed by atoms with Gasteiger partial charge in [-0.2, -0.15) is 73.2 Å². The molecule has 562 valence electrons. The monoisotopic (exact) mass is 1520 g/mol. The minimum atomic E-state index is -1.34. The summed E-state index contributed by atoms with van der Waals surface area (Å²) >= 11 is 16.5. The zero-order chi connectivity index (χ0) is 72.7. The van der Waals surface area contributed by atoms with Gasteiger partial charge in [0.1, 0.15) is 84.4 Å². The fraction of sp³-hybridized carbons (Fsp3) is 0.627. The van der Waals surface area contributed by atoms with Gasteiger partial charge >= 0.3 is 60.4 Å². The third-order valence-corrected chi connectivity index (χ3v) is 18.6. The summed E-state index contributed by atoms with van der Waals surface area (Å²) in [6.45, 7) is 7.42. The van der Waals surface area contributed by atoms with Crippen molar-refractivity contribution in [3.8, 4) is 0 Å².